The number of carbonyl (C=O) groups is 1. The van der Waals surface area contributed by atoms with Gasteiger partial charge in [-0.1, -0.05) is 17.7 Å². The van der Waals surface area contributed by atoms with Gasteiger partial charge in [-0.2, -0.15) is 0 Å². The van der Waals surface area contributed by atoms with Crippen LogP contribution in [0.25, 0.3) is 0 Å². The Balaban J connectivity index is 2.06. The van der Waals surface area contributed by atoms with Crippen molar-refractivity contribution in [3.05, 3.63) is 28.8 Å². The van der Waals surface area contributed by atoms with Crippen molar-refractivity contribution in [3.8, 4) is 0 Å². The predicted molar refractivity (Wildman–Crippen MR) is 76.4 cm³/mol. The molecule has 1 aliphatic rings. The average Bonchev–Trinajstić information content (AvgIpc) is 2.39. The molecule has 1 saturated heterocycles. The second kappa shape index (κ2) is 6.26. The summed E-state index contributed by atoms with van der Waals surface area (Å²) in [6.45, 7) is 2.21. The van der Waals surface area contributed by atoms with Crippen LogP contribution in [0.3, 0.4) is 0 Å². The van der Waals surface area contributed by atoms with E-state index in [-0.39, 0.29) is 5.91 Å². The first kappa shape index (κ1) is 14.2. The third kappa shape index (κ3) is 3.39. The summed E-state index contributed by atoms with van der Waals surface area (Å²) < 4.78 is 5.43. The van der Waals surface area contributed by atoms with Crippen LogP contribution in [0.15, 0.2) is 18.2 Å². The molecule has 0 aliphatic carbocycles. The van der Waals surface area contributed by atoms with Crippen LogP contribution in [0.2, 0.25) is 5.02 Å². The molecule has 1 amide bonds. The molecule has 1 aromatic rings. The molecule has 5 heteroatoms. The lowest BCUT2D eigenvalue weighted by Gasteiger charge is -2.27. The van der Waals surface area contributed by atoms with Gasteiger partial charge in [-0.25, -0.2) is 0 Å². The van der Waals surface area contributed by atoms with Crippen LogP contribution in [0.1, 0.15) is 23.2 Å². The van der Waals surface area contributed by atoms with Gasteiger partial charge in [0, 0.05) is 25.9 Å². The van der Waals surface area contributed by atoms with Gasteiger partial charge in [-0.05, 0) is 30.9 Å². The molecule has 0 aromatic heterocycles. The van der Waals surface area contributed by atoms with Gasteiger partial charge >= 0.3 is 0 Å². The van der Waals surface area contributed by atoms with Crippen LogP contribution in [-0.2, 0) is 4.74 Å². The van der Waals surface area contributed by atoms with Crippen molar-refractivity contribution in [2.75, 3.05) is 32.5 Å². The van der Waals surface area contributed by atoms with Gasteiger partial charge in [0.15, 0.2) is 0 Å². The lowest BCUT2D eigenvalue weighted by Crippen LogP contribution is -2.35. The van der Waals surface area contributed by atoms with Gasteiger partial charge in [-0.3, -0.25) is 4.79 Å². The maximum absolute atomic E-state index is 12.4. The number of nitrogens with zero attached hydrogens (tertiary/aromatic N) is 1. The van der Waals surface area contributed by atoms with E-state index in [2.05, 4.69) is 0 Å². The Morgan fingerprint density at radius 1 is 1.58 bits per heavy atom. The van der Waals surface area contributed by atoms with Crippen molar-refractivity contribution >= 4 is 23.2 Å². The summed E-state index contributed by atoms with van der Waals surface area (Å²) in [5.74, 6) is 0.264. The van der Waals surface area contributed by atoms with Crippen molar-refractivity contribution in [2.24, 2.45) is 5.92 Å². The van der Waals surface area contributed by atoms with E-state index in [1.807, 2.05) is 0 Å². The number of carbonyl (C=O) groups excluding carboxylic acids is 1. The molecule has 1 aromatic carbocycles. The summed E-state index contributed by atoms with van der Waals surface area (Å²) in [4.78, 5) is 14.1. The number of rotatable bonds is 3. The van der Waals surface area contributed by atoms with Gasteiger partial charge in [0.2, 0.25) is 0 Å². The number of halogens is 1. The molecule has 1 atom stereocenters. The lowest BCUT2D eigenvalue weighted by molar-refractivity contribution is 0.0389. The normalized spacial score (nSPS) is 19.2. The Labute approximate surface area is 118 Å². The van der Waals surface area contributed by atoms with Crippen LogP contribution >= 0.6 is 11.6 Å². The zero-order valence-corrected chi connectivity index (χ0v) is 11.8. The van der Waals surface area contributed by atoms with E-state index in [0.29, 0.717) is 28.7 Å². The van der Waals surface area contributed by atoms with E-state index in [9.17, 15) is 4.79 Å². The summed E-state index contributed by atoms with van der Waals surface area (Å²) in [6, 6.07) is 5.11. The number of nitrogen functional groups attached to an aromatic ring is 1. The van der Waals surface area contributed by atoms with Crippen molar-refractivity contribution in [1.82, 2.24) is 4.90 Å². The van der Waals surface area contributed by atoms with Crippen LogP contribution in [0.4, 0.5) is 5.69 Å². The van der Waals surface area contributed by atoms with E-state index in [1.54, 1.807) is 30.1 Å². The van der Waals surface area contributed by atoms with Gasteiger partial charge < -0.3 is 15.4 Å². The second-order valence-electron chi connectivity index (χ2n) is 4.97. The first-order valence-electron chi connectivity index (χ1n) is 6.46. The number of ether oxygens (including phenoxy) is 1. The fourth-order valence-electron chi connectivity index (χ4n) is 2.38. The number of amides is 1. The Morgan fingerprint density at radius 3 is 3.00 bits per heavy atom. The highest BCUT2D eigenvalue weighted by atomic mass is 35.5. The predicted octanol–water partition coefficient (Wildman–Crippen LogP) is 2.42. The molecule has 1 aliphatic heterocycles. The summed E-state index contributed by atoms with van der Waals surface area (Å²) in [5.41, 5.74) is 6.65. The standard InChI is InChI=1S/C14H19ClN2O2/c1-17(8-10-4-3-7-19-9-10)14(18)13-11(15)5-2-6-12(13)16/h2,5-6,10H,3-4,7-9,16H2,1H3. The summed E-state index contributed by atoms with van der Waals surface area (Å²) in [6.07, 6.45) is 2.15. The smallest absolute Gasteiger partial charge is 0.257 e. The van der Waals surface area contributed by atoms with Crippen LogP contribution in [0.5, 0.6) is 0 Å². The molecular weight excluding hydrogens is 264 g/mol. The van der Waals surface area contributed by atoms with E-state index >= 15 is 0 Å². The monoisotopic (exact) mass is 282 g/mol. The number of nitrogens with two attached hydrogens (primary N) is 1. The van der Waals surface area contributed by atoms with Gasteiger partial charge in [0.25, 0.3) is 5.91 Å². The molecule has 104 valence electrons. The molecule has 2 rings (SSSR count). The van der Waals surface area contributed by atoms with Crippen molar-refractivity contribution in [2.45, 2.75) is 12.8 Å². The quantitative estimate of drug-likeness (QED) is 0.866. The summed E-state index contributed by atoms with van der Waals surface area (Å²) in [5, 5.41) is 0.400. The van der Waals surface area contributed by atoms with E-state index < -0.39 is 0 Å². The molecule has 1 heterocycles. The van der Waals surface area contributed by atoms with Crippen LogP contribution < -0.4 is 5.73 Å². The molecular formula is C14H19ClN2O2. The van der Waals surface area contributed by atoms with Gasteiger partial charge in [0.05, 0.1) is 17.2 Å². The maximum Gasteiger partial charge on any atom is 0.257 e. The van der Waals surface area contributed by atoms with Crippen LogP contribution in [0, 0.1) is 5.92 Å². The SMILES string of the molecule is CN(CC1CCCOC1)C(=O)c1c(N)cccc1Cl. The lowest BCUT2D eigenvalue weighted by atomic mass is 10.0. The molecule has 0 bridgehead atoms. The molecule has 0 spiro atoms. The number of hydrogen-bond donors (Lipinski definition) is 1. The zero-order chi connectivity index (χ0) is 13.8. The topological polar surface area (TPSA) is 55.6 Å². The minimum absolute atomic E-state index is 0.131. The minimum atomic E-state index is -0.131. The Bertz CT molecular complexity index is 439. The highest BCUT2D eigenvalue weighted by Gasteiger charge is 2.22. The first-order chi connectivity index (χ1) is 9.09. The van der Waals surface area contributed by atoms with Crippen molar-refractivity contribution < 1.29 is 9.53 Å². The number of benzene rings is 1. The zero-order valence-electron chi connectivity index (χ0n) is 11.1. The fraction of sp³-hybridized carbons (Fsp3) is 0.500. The molecule has 1 fully saturated rings. The highest BCUT2D eigenvalue weighted by Crippen LogP contribution is 2.24. The number of hydrogen-bond acceptors (Lipinski definition) is 3. The van der Waals surface area contributed by atoms with Gasteiger partial charge in [-0.15, -0.1) is 0 Å². The highest BCUT2D eigenvalue weighted by molar-refractivity contribution is 6.34. The molecule has 2 N–H and O–H groups in total. The van der Waals surface area contributed by atoms with E-state index in [0.717, 1.165) is 26.1 Å². The molecule has 0 radical (unpaired) electrons. The molecule has 0 saturated carbocycles. The molecule has 1 unspecified atom stereocenters. The third-order valence-corrected chi connectivity index (χ3v) is 3.71. The second-order valence-corrected chi connectivity index (χ2v) is 5.38. The summed E-state index contributed by atoms with van der Waals surface area (Å²) in [7, 11) is 1.78. The first-order valence-corrected chi connectivity index (χ1v) is 6.84. The maximum atomic E-state index is 12.4. The number of anilines is 1. The molecule has 19 heavy (non-hydrogen) atoms. The van der Waals surface area contributed by atoms with Crippen molar-refractivity contribution in [3.63, 3.8) is 0 Å². The Kier molecular flexibility index (Phi) is 4.66. The van der Waals surface area contributed by atoms with Crippen LogP contribution in [-0.4, -0.2) is 37.6 Å². The van der Waals surface area contributed by atoms with E-state index in [4.69, 9.17) is 22.1 Å². The Morgan fingerprint density at radius 2 is 2.37 bits per heavy atom. The minimum Gasteiger partial charge on any atom is -0.398 e. The largest absolute Gasteiger partial charge is 0.398 e. The summed E-state index contributed by atoms with van der Waals surface area (Å²) >= 11 is 6.06. The third-order valence-electron chi connectivity index (χ3n) is 3.39. The molecule has 4 nitrogen and oxygen atoms in total. The van der Waals surface area contributed by atoms with Crippen molar-refractivity contribution in [1.29, 1.82) is 0 Å². The average molecular weight is 283 g/mol. The van der Waals surface area contributed by atoms with Gasteiger partial charge in [0.1, 0.15) is 0 Å². The fourth-order valence-corrected chi connectivity index (χ4v) is 2.64. The Hall–Kier alpha value is -1.26. The van der Waals surface area contributed by atoms with E-state index in [1.165, 1.54) is 0 Å².